The minimum absolute atomic E-state index is 0.195. The number of hydrogen-bond donors (Lipinski definition) is 5. The number of hydrogen-bond acceptors (Lipinski definition) is 11. The second-order valence-electron chi connectivity index (χ2n) is 8.61. The smallest absolute Gasteiger partial charge is 0.224 e. The van der Waals surface area contributed by atoms with Crippen LogP contribution >= 0.6 is 11.3 Å². The number of nitrogens with one attached hydrogen (secondary N) is 2. The Kier molecular flexibility index (Phi) is 7.58. The molecule has 1 saturated carbocycles. The van der Waals surface area contributed by atoms with E-state index in [9.17, 15) is 15.3 Å². The number of pyridine rings is 1. The summed E-state index contributed by atoms with van der Waals surface area (Å²) in [5.74, 6) is 0.550. The summed E-state index contributed by atoms with van der Waals surface area (Å²) in [7, 11) is 0. The molecule has 0 spiro atoms. The van der Waals surface area contributed by atoms with Crippen LogP contribution in [0.3, 0.4) is 0 Å². The van der Waals surface area contributed by atoms with Crippen molar-refractivity contribution in [1.82, 2.24) is 19.9 Å². The van der Waals surface area contributed by atoms with E-state index in [1.165, 1.54) is 11.3 Å². The average molecular weight is 489 g/mol. The maximum absolute atomic E-state index is 10.6. The van der Waals surface area contributed by atoms with Crippen molar-refractivity contribution >= 4 is 33.3 Å². The van der Waals surface area contributed by atoms with Gasteiger partial charge in [0.1, 0.15) is 22.4 Å². The molecule has 34 heavy (non-hydrogen) atoms. The van der Waals surface area contributed by atoms with Crippen LogP contribution in [0.1, 0.15) is 30.4 Å². The normalized spacial score (nSPS) is 22.4. The summed E-state index contributed by atoms with van der Waals surface area (Å²) >= 11 is 1.54. The number of aliphatic hydroxyl groups excluding tert-OH is 3. The lowest BCUT2D eigenvalue weighted by Gasteiger charge is -2.21. The number of nitrogens with zero attached hydrogens (tertiary/aromatic N) is 4. The molecule has 4 rings (SSSR count). The van der Waals surface area contributed by atoms with Gasteiger partial charge in [0.05, 0.1) is 40.4 Å². The van der Waals surface area contributed by atoms with Gasteiger partial charge in [0, 0.05) is 31.4 Å². The van der Waals surface area contributed by atoms with E-state index < -0.39 is 24.2 Å². The van der Waals surface area contributed by atoms with Crippen molar-refractivity contribution < 1.29 is 20.1 Å². The minimum Gasteiger partial charge on any atom is -0.396 e. The molecule has 0 saturated heterocycles. The Morgan fingerprint density at radius 3 is 2.59 bits per heavy atom. The van der Waals surface area contributed by atoms with Crippen molar-refractivity contribution in [1.29, 1.82) is 0 Å². The summed E-state index contributed by atoms with van der Waals surface area (Å²) in [5.41, 5.74) is 4.09. The van der Waals surface area contributed by atoms with Gasteiger partial charge in [-0.15, -0.1) is 11.3 Å². The van der Waals surface area contributed by atoms with E-state index in [1.54, 1.807) is 0 Å². The Bertz CT molecular complexity index is 1160. The molecule has 5 N–H and O–H groups in total. The first-order valence-corrected chi connectivity index (χ1v) is 12.3. The van der Waals surface area contributed by atoms with Crippen molar-refractivity contribution in [3.8, 4) is 10.6 Å². The summed E-state index contributed by atoms with van der Waals surface area (Å²) in [6, 6.07) is 1.54. The van der Waals surface area contributed by atoms with E-state index >= 15 is 0 Å². The SMILES string of the molecule is CCOCCNc1nc(C)c(-c2nc3c(C)nc(C)cc3s2)c(NC2CC(CO)C(O)C2O)n1. The van der Waals surface area contributed by atoms with Gasteiger partial charge >= 0.3 is 0 Å². The molecule has 0 aliphatic heterocycles. The topological polar surface area (TPSA) is 146 Å². The van der Waals surface area contributed by atoms with Gasteiger partial charge in [0.15, 0.2) is 0 Å². The summed E-state index contributed by atoms with van der Waals surface area (Å²) < 4.78 is 6.42. The first-order chi connectivity index (χ1) is 16.3. The molecule has 0 amide bonds. The Morgan fingerprint density at radius 2 is 1.88 bits per heavy atom. The Morgan fingerprint density at radius 1 is 1.09 bits per heavy atom. The lowest BCUT2D eigenvalue weighted by Crippen LogP contribution is -2.35. The molecule has 3 aromatic heterocycles. The average Bonchev–Trinajstić information content (AvgIpc) is 3.33. The van der Waals surface area contributed by atoms with Gasteiger partial charge in [-0.05, 0) is 40.2 Å². The number of rotatable bonds is 9. The molecule has 10 nitrogen and oxygen atoms in total. The molecule has 3 aromatic rings. The van der Waals surface area contributed by atoms with Gasteiger partial charge in [-0.25, -0.2) is 9.97 Å². The van der Waals surface area contributed by atoms with E-state index in [1.807, 2.05) is 33.8 Å². The molecule has 0 aromatic carbocycles. The van der Waals surface area contributed by atoms with Crippen LogP contribution in [0, 0.1) is 26.7 Å². The predicted molar refractivity (Wildman–Crippen MR) is 132 cm³/mol. The number of fused-ring (bicyclic) bond motifs is 1. The number of aromatic nitrogens is 4. The fourth-order valence-electron chi connectivity index (χ4n) is 4.35. The molecule has 0 radical (unpaired) electrons. The minimum atomic E-state index is -1.03. The third-order valence-electron chi connectivity index (χ3n) is 6.08. The number of aryl methyl sites for hydroxylation is 3. The van der Waals surface area contributed by atoms with Gasteiger partial charge in [0.25, 0.3) is 0 Å². The highest BCUT2D eigenvalue weighted by atomic mass is 32.1. The number of anilines is 2. The number of aliphatic hydroxyl groups is 3. The zero-order valence-electron chi connectivity index (χ0n) is 19.9. The van der Waals surface area contributed by atoms with Crippen LogP contribution in [0.5, 0.6) is 0 Å². The molecule has 4 atom stereocenters. The van der Waals surface area contributed by atoms with E-state index in [4.69, 9.17) is 14.7 Å². The quantitative estimate of drug-likeness (QED) is 0.284. The summed E-state index contributed by atoms with van der Waals surface area (Å²) in [6.07, 6.45) is -1.62. The van der Waals surface area contributed by atoms with Gasteiger partial charge in [-0.2, -0.15) is 4.98 Å². The standard InChI is InChI=1S/C23H32N6O4S/c1-5-33-7-6-24-23-26-12(3)17(22-28-18-13(4)25-11(2)8-16(18)34-22)21(29-23)27-15-9-14(10-30)19(31)20(15)32/h8,14-15,19-20,30-32H,5-7,9-10H2,1-4H3,(H2,24,26,27,29). The van der Waals surface area contributed by atoms with Crippen molar-refractivity contribution in [2.24, 2.45) is 5.92 Å². The summed E-state index contributed by atoms with van der Waals surface area (Å²) in [6.45, 7) is 9.25. The fourth-order valence-corrected chi connectivity index (χ4v) is 5.56. The number of thiazole rings is 1. The van der Waals surface area contributed by atoms with Crippen molar-refractivity contribution in [2.45, 2.75) is 52.4 Å². The third kappa shape index (κ3) is 4.98. The van der Waals surface area contributed by atoms with Gasteiger partial charge in [-0.1, -0.05) is 0 Å². The Labute approximate surface area is 202 Å². The van der Waals surface area contributed by atoms with Crippen LogP contribution in [0.25, 0.3) is 20.8 Å². The maximum atomic E-state index is 10.6. The van der Waals surface area contributed by atoms with Crippen LogP contribution in [-0.2, 0) is 4.74 Å². The van der Waals surface area contributed by atoms with Crippen LogP contribution < -0.4 is 10.6 Å². The summed E-state index contributed by atoms with van der Waals surface area (Å²) in [4.78, 5) is 18.7. The van der Waals surface area contributed by atoms with Gasteiger partial charge < -0.3 is 30.7 Å². The molecule has 184 valence electrons. The first-order valence-electron chi connectivity index (χ1n) is 11.5. The first kappa shape index (κ1) is 24.7. The molecular formula is C23H32N6O4S. The summed E-state index contributed by atoms with van der Waals surface area (Å²) in [5, 5.41) is 37.7. The fraction of sp³-hybridized carbons (Fsp3) is 0.565. The van der Waals surface area contributed by atoms with Gasteiger partial charge in [0.2, 0.25) is 5.95 Å². The van der Waals surface area contributed by atoms with E-state index in [0.717, 1.165) is 37.9 Å². The largest absolute Gasteiger partial charge is 0.396 e. The molecule has 11 heteroatoms. The molecule has 3 heterocycles. The zero-order valence-corrected chi connectivity index (χ0v) is 20.7. The Hall–Kier alpha value is -2.44. The van der Waals surface area contributed by atoms with Crippen LogP contribution in [-0.4, -0.2) is 79.9 Å². The van der Waals surface area contributed by atoms with Crippen LogP contribution in [0.2, 0.25) is 0 Å². The molecule has 0 bridgehead atoms. The van der Waals surface area contributed by atoms with Crippen LogP contribution in [0.4, 0.5) is 11.8 Å². The second kappa shape index (κ2) is 10.4. The Balaban J connectivity index is 1.73. The predicted octanol–water partition coefficient (Wildman–Crippen LogP) is 2.04. The highest BCUT2D eigenvalue weighted by Crippen LogP contribution is 2.38. The lowest BCUT2D eigenvalue weighted by atomic mass is 10.1. The monoisotopic (exact) mass is 488 g/mol. The second-order valence-corrected chi connectivity index (χ2v) is 9.64. The molecule has 1 fully saturated rings. The lowest BCUT2D eigenvalue weighted by molar-refractivity contribution is 0.00446. The van der Waals surface area contributed by atoms with Crippen molar-refractivity contribution in [3.63, 3.8) is 0 Å². The van der Waals surface area contributed by atoms with Gasteiger partial charge in [-0.3, -0.25) is 4.98 Å². The maximum Gasteiger partial charge on any atom is 0.224 e. The highest BCUT2D eigenvalue weighted by molar-refractivity contribution is 7.21. The van der Waals surface area contributed by atoms with Crippen molar-refractivity contribution in [2.75, 3.05) is 37.0 Å². The zero-order chi connectivity index (χ0) is 24.4. The molecule has 1 aliphatic carbocycles. The van der Waals surface area contributed by atoms with E-state index in [-0.39, 0.29) is 6.61 Å². The van der Waals surface area contributed by atoms with E-state index in [0.29, 0.717) is 37.9 Å². The van der Waals surface area contributed by atoms with Crippen molar-refractivity contribution in [3.05, 3.63) is 23.1 Å². The molecule has 4 unspecified atom stereocenters. The van der Waals surface area contributed by atoms with E-state index in [2.05, 4.69) is 20.6 Å². The third-order valence-corrected chi connectivity index (χ3v) is 7.10. The molecular weight excluding hydrogens is 456 g/mol. The highest BCUT2D eigenvalue weighted by Gasteiger charge is 2.41. The molecule has 1 aliphatic rings. The number of ether oxygens (including phenoxy) is 1. The van der Waals surface area contributed by atoms with Crippen LogP contribution in [0.15, 0.2) is 6.07 Å².